The lowest BCUT2D eigenvalue weighted by Crippen LogP contribution is -2.29. The van der Waals surface area contributed by atoms with Crippen molar-refractivity contribution >= 4 is 5.97 Å². The lowest BCUT2D eigenvalue weighted by atomic mass is 9.95. The molecule has 2 rings (SSSR count). The smallest absolute Gasteiger partial charge is 0.303 e. The molecule has 1 saturated heterocycles. The number of aromatic nitrogens is 2. The van der Waals surface area contributed by atoms with Crippen LogP contribution in [0.4, 0.5) is 0 Å². The van der Waals surface area contributed by atoms with Crippen molar-refractivity contribution in [3.63, 3.8) is 0 Å². The van der Waals surface area contributed by atoms with Crippen LogP contribution >= 0.6 is 0 Å². The van der Waals surface area contributed by atoms with E-state index in [0.29, 0.717) is 12.3 Å². The fourth-order valence-electron chi connectivity index (χ4n) is 2.33. The summed E-state index contributed by atoms with van der Waals surface area (Å²) in [5.41, 5.74) is 1.89. The second-order valence-corrected chi connectivity index (χ2v) is 4.77. The summed E-state index contributed by atoms with van der Waals surface area (Å²) in [6, 6.07) is 1.97. The van der Waals surface area contributed by atoms with Crippen LogP contribution in [-0.2, 0) is 11.2 Å². The van der Waals surface area contributed by atoms with E-state index in [0.717, 1.165) is 43.1 Å². The Hall–Kier alpha value is -1.49. The Morgan fingerprint density at radius 2 is 2.39 bits per heavy atom. The van der Waals surface area contributed by atoms with Gasteiger partial charge >= 0.3 is 5.97 Å². The molecule has 0 bridgehead atoms. The molecule has 0 aliphatic carbocycles. The van der Waals surface area contributed by atoms with Gasteiger partial charge in [0.15, 0.2) is 0 Å². The van der Waals surface area contributed by atoms with Crippen molar-refractivity contribution in [1.29, 1.82) is 0 Å². The van der Waals surface area contributed by atoms with Crippen LogP contribution in [0.5, 0.6) is 0 Å². The van der Waals surface area contributed by atoms with Gasteiger partial charge in [0.25, 0.3) is 0 Å². The highest BCUT2D eigenvalue weighted by Gasteiger charge is 2.17. The zero-order valence-electron chi connectivity index (χ0n) is 10.6. The summed E-state index contributed by atoms with van der Waals surface area (Å²) in [7, 11) is 0. The van der Waals surface area contributed by atoms with Crippen LogP contribution in [0.3, 0.4) is 0 Å². The maximum Gasteiger partial charge on any atom is 0.303 e. The molecule has 2 N–H and O–H groups in total. The van der Waals surface area contributed by atoms with Gasteiger partial charge in [-0.1, -0.05) is 0 Å². The van der Waals surface area contributed by atoms with E-state index in [-0.39, 0.29) is 6.42 Å². The van der Waals surface area contributed by atoms with E-state index in [1.54, 1.807) is 0 Å². The first-order valence-electron chi connectivity index (χ1n) is 6.42. The number of carboxylic acids is 1. The molecule has 0 amide bonds. The first-order valence-corrected chi connectivity index (χ1v) is 6.42. The lowest BCUT2D eigenvalue weighted by molar-refractivity contribution is -0.136. The summed E-state index contributed by atoms with van der Waals surface area (Å²) in [5.74, 6) is 0.384. The molecule has 1 aromatic rings. The molecule has 1 fully saturated rings. The van der Waals surface area contributed by atoms with Crippen LogP contribution < -0.4 is 5.32 Å². The number of nitrogens with zero attached hydrogens (tertiary/aromatic N) is 2. The van der Waals surface area contributed by atoms with Crippen molar-refractivity contribution in [3.05, 3.63) is 23.3 Å². The summed E-state index contributed by atoms with van der Waals surface area (Å²) >= 11 is 0. The highest BCUT2D eigenvalue weighted by Crippen LogP contribution is 2.22. The second kappa shape index (κ2) is 5.91. The first kappa shape index (κ1) is 13.0. The Bertz CT molecular complexity index is 428. The minimum atomic E-state index is -0.785. The Morgan fingerprint density at radius 3 is 3.06 bits per heavy atom. The lowest BCUT2D eigenvalue weighted by Gasteiger charge is -2.22. The molecular weight excluding hydrogens is 230 g/mol. The van der Waals surface area contributed by atoms with Gasteiger partial charge in [0.1, 0.15) is 5.82 Å². The third-order valence-corrected chi connectivity index (χ3v) is 3.22. The number of piperidine rings is 1. The Morgan fingerprint density at radius 1 is 1.56 bits per heavy atom. The molecular formula is C13H19N3O2. The number of nitrogens with one attached hydrogen (secondary N) is 1. The summed E-state index contributed by atoms with van der Waals surface area (Å²) in [6.07, 6.45) is 2.91. The van der Waals surface area contributed by atoms with Crippen LogP contribution in [0.15, 0.2) is 6.07 Å². The van der Waals surface area contributed by atoms with Gasteiger partial charge < -0.3 is 10.4 Å². The maximum atomic E-state index is 10.6. The van der Waals surface area contributed by atoms with E-state index < -0.39 is 5.97 Å². The predicted octanol–water partition coefficient (Wildman–Crippen LogP) is 1.27. The molecule has 0 aromatic carbocycles. The molecule has 1 aromatic heterocycles. The van der Waals surface area contributed by atoms with Gasteiger partial charge in [-0.2, -0.15) is 0 Å². The van der Waals surface area contributed by atoms with E-state index in [2.05, 4.69) is 15.3 Å². The third-order valence-electron chi connectivity index (χ3n) is 3.22. The SMILES string of the molecule is Cc1nc(CCC(=O)O)cc(C2CCCNC2)n1. The number of hydrogen-bond acceptors (Lipinski definition) is 4. The van der Waals surface area contributed by atoms with Crippen LogP contribution in [0.25, 0.3) is 0 Å². The van der Waals surface area contributed by atoms with E-state index in [4.69, 9.17) is 5.11 Å². The molecule has 1 aliphatic heterocycles. The molecule has 0 saturated carbocycles. The van der Waals surface area contributed by atoms with E-state index in [1.807, 2.05) is 13.0 Å². The summed E-state index contributed by atoms with van der Waals surface area (Å²) in [6.45, 7) is 3.89. The number of hydrogen-bond donors (Lipinski definition) is 2. The quantitative estimate of drug-likeness (QED) is 0.840. The molecule has 0 spiro atoms. The molecule has 2 heterocycles. The monoisotopic (exact) mass is 249 g/mol. The van der Waals surface area contributed by atoms with Gasteiger partial charge in [0.2, 0.25) is 0 Å². The minimum Gasteiger partial charge on any atom is -0.481 e. The van der Waals surface area contributed by atoms with E-state index >= 15 is 0 Å². The molecule has 98 valence electrons. The third kappa shape index (κ3) is 3.50. The van der Waals surface area contributed by atoms with Crippen LogP contribution in [-0.4, -0.2) is 34.1 Å². The Labute approximate surface area is 107 Å². The molecule has 1 aliphatic rings. The number of rotatable bonds is 4. The number of aryl methyl sites for hydroxylation is 2. The van der Waals surface area contributed by atoms with Gasteiger partial charge in [-0.3, -0.25) is 4.79 Å². The van der Waals surface area contributed by atoms with Gasteiger partial charge in [0, 0.05) is 30.3 Å². The fraction of sp³-hybridized carbons (Fsp3) is 0.615. The van der Waals surface area contributed by atoms with Crippen molar-refractivity contribution < 1.29 is 9.90 Å². The molecule has 5 heteroatoms. The predicted molar refractivity (Wildman–Crippen MR) is 67.6 cm³/mol. The highest BCUT2D eigenvalue weighted by molar-refractivity contribution is 5.66. The van der Waals surface area contributed by atoms with Crippen molar-refractivity contribution in [2.24, 2.45) is 0 Å². The van der Waals surface area contributed by atoms with Crippen molar-refractivity contribution in [3.8, 4) is 0 Å². The average molecular weight is 249 g/mol. The Kier molecular flexibility index (Phi) is 4.25. The zero-order valence-corrected chi connectivity index (χ0v) is 10.6. The molecule has 1 unspecified atom stereocenters. The van der Waals surface area contributed by atoms with Crippen LogP contribution in [0.1, 0.15) is 42.4 Å². The normalized spacial score (nSPS) is 19.7. The van der Waals surface area contributed by atoms with Crippen molar-refractivity contribution in [2.45, 2.75) is 38.5 Å². The van der Waals surface area contributed by atoms with Crippen molar-refractivity contribution in [1.82, 2.24) is 15.3 Å². The molecule has 0 radical (unpaired) electrons. The Balaban J connectivity index is 2.12. The molecule has 5 nitrogen and oxygen atoms in total. The van der Waals surface area contributed by atoms with E-state index in [1.165, 1.54) is 0 Å². The molecule has 1 atom stereocenters. The maximum absolute atomic E-state index is 10.6. The van der Waals surface area contributed by atoms with Gasteiger partial charge in [0.05, 0.1) is 6.42 Å². The zero-order chi connectivity index (χ0) is 13.0. The van der Waals surface area contributed by atoms with Crippen LogP contribution in [0, 0.1) is 6.92 Å². The second-order valence-electron chi connectivity index (χ2n) is 4.77. The number of carboxylic acid groups (broad SMARTS) is 1. The van der Waals surface area contributed by atoms with Crippen LogP contribution in [0.2, 0.25) is 0 Å². The first-order chi connectivity index (χ1) is 8.65. The standard InChI is InChI=1S/C13H19N3O2/c1-9-15-11(4-5-13(17)18)7-12(16-9)10-3-2-6-14-8-10/h7,10,14H,2-6,8H2,1H3,(H,17,18). The van der Waals surface area contributed by atoms with Crippen molar-refractivity contribution in [2.75, 3.05) is 13.1 Å². The van der Waals surface area contributed by atoms with Gasteiger partial charge in [-0.25, -0.2) is 9.97 Å². The number of carbonyl (C=O) groups is 1. The summed E-state index contributed by atoms with van der Waals surface area (Å²) in [4.78, 5) is 19.4. The summed E-state index contributed by atoms with van der Waals surface area (Å²) in [5, 5.41) is 12.1. The van der Waals surface area contributed by atoms with Gasteiger partial charge in [-0.05, 0) is 32.4 Å². The van der Waals surface area contributed by atoms with E-state index in [9.17, 15) is 4.79 Å². The fourth-order valence-corrected chi connectivity index (χ4v) is 2.33. The topological polar surface area (TPSA) is 75.1 Å². The number of aliphatic carboxylic acids is 1. The highest BCUT2D eigenvalue weighted by atomic mass is 16.4. The minimum absolute atomic E-state index is 0.124. The van der Waals surface area contributed by atoms with Gasteiger partial charge in [-0.15, -0.1) is 0 Å². The average Bonchev–Trinajstić information content (AvgIpc) is 2.37. The largest absolute Gasteiger partial charge is 0.481 e. The summed E-state index contributed by atoms with van der Waals surface area (Å²) < 4.78 is 0. The molecule has 18 heavy (non-hydrogen) atoms.